The molecule has 4 rings (SSSR count). The van der Waals surface area contributed by atoms with Gasteiger partial charge in [-0.2, -0.15) is 18.3 Å². The predicted octanol–water partition coefficient (Wildman–Crippen LogP) is 7.05. The number of nitrogens with zero attached hydrogens (tertiary/aromatic N) is 3. The van der Waals surface area contributed by atoms with Gasteiger partial charge in [-0.25, -0.2) is 9.37 Å². The Morgan fingerprint density at radius 2 is 1.78 bits per heavy atom. The standard InChI is InChI=1S/C23H21ClF4N4/c1-11-19(32(5)31-20(11)22(2,3)4)21-29-16-10-12(9-14(24)18(16)30-21)17-13(23(26,27)28)7-6-8-15(17)25/h6-10H,1-5H3,(H,29,30). The number of rotatable bonds is 2. The van der Waals surface area contributed by atoms with Crippen LogP contribution in [-0.4, -0.2) is 19.7 Å². The fourth-order valence-corrected chi connectivity index (χ4v) is 4.32. The van der Waals surface area contributed by atoms with Gasteiger partial charge in [0.2, 0.25) is 0 Å². The first-order valence-corrected chi connectivity index (χ1v) is 10.3. The van der Waals surface area contributed by atoms with E-state index in [0.29, 0.717) is 16.9 Å². The molecule has 2 heterocycles. The number of aryl methyl sites for hydroxylation is 1. The van der Waals surface area contributed by atoms with Crippen LogP contribution < -0.4 is 0 Å². The van der Waals surface area contributed by atoms with Gasteiger partial charge in [-0.1, -0.05) is 38.4 Å². The molecule has 32 heavy (non-hydrogen) atoms. The number of hydrogen-bond donors (Lipinski definition) is 1. The van der Waals surface area contributed by atoms with Crippen molar-refractivity contribution in [2.45, 2.75) is 39.3 Å². The minimum atomic E-state index is -4.72. The Labute approximate surface area is 187 Å². The van der Waals surface area contributed by atoms with Gasteiger partial charge in [-0.15, -0.1) is 0 Å². The number of halogens is 5. The molecule has 0 bridgehead atoms. The van der Waals surface area contributed by atoms with Gasteiger partial charge in [0.05, 0.1) is 21.8 Å². The molecule has 4 aromatic rings. The molecule has 9 heteroatoms. The van der Waals surface area contributed by atoms with E-state index in [1.807, 2.05) is 6.92 Å². The molecule has 0 spiro atoms. The highest BCUT2D eigenvalue weighted by atomic mass is 35.5. The molecule has 0 amide bonds. The van der Waals surface area contributed by atoms with Gasteiger partial charge in [0.1, 0.15) is 17.0 Å². The van der Waals surface area contributed by atoms with Crippen LogP contribution in [0, 0.1) is 12.7 Å². The van der Waals surface area contributed by atoms with E-state index in [0.717, 1.165) is 35.2 Å². The molecule has 0 aliphatic heterocycles. The van der Waals surface area contributed by atoms with Gasteiger partial charge in [-0.05, 0) is 36.8 Å². The molecule has 0 aliphatic rings. The average molecular weight is 465 g/mol. The highest BCUT2D eigenvalue weighted by Gasteiger charge is 2.35. The van der Waals surface area contributed by atoms with E-state index < -0.39 is 23.1 Å². The number of benzene rings is 2. The normalized spacial score (nSPS) is 12.7. The third-order valence-electron chi connectivity index (χ3n) is 5.37. The van der Waals surface area contributed by atoms with Gasteiger partial charge in [0.15, 0.2) is 5.82 Å². The SMILES string of the molecule is Cc1c(C(C)(C)C)nn(C)c1-c1nc2c(Cl)cc(-c3c(F)cccc3C(F)(F)F)cc2[nH]1. The lowest BCUT2D eigenvalue weighted by molar-refractivity contribution is -0.137. The smallest absolute Gasteiger partial charge is 0.337 e. The lowest BCUT2D eigenvalue weighted by Crippen LogP contribution is -2.13. The molecule has 168 valence electrons. The van der Waals surface area contributed by atoms with Crippen LogP contribution in [0.5, 0.6) is 0 Å². The number of alkyl halides is 3. The summed E-state index contributed by atoms with van der Waals surface area (Å²) >= 11 is 6.38. The summed E-state index contributed by atoms with van der Waals surface area (Å²) < 4.78 is 56.8. The van der Waals surface area contributed by atoms with Crippen molar-refractivity contribution >= 4 is 22.6 Å². The molecule has 2 aromatic carbocycles. The van der Waals surface area contributed by atoms with Crippen LogP contribution in [0.2, 0.25) is 5.02 Å². The molecule has 0 saturated carbocycles. The molecule has 0 aliphatic carbocycles. The summed E-state index contributed by atoms with van der Waals surface area (Å²) in [4.78, 5) is 7.69. The number of aromatic amines is 1. The zero-order chi connectivity index (χ0) is 23.6. The molecule has 0 radical (unpaired) electrons. The molecule has 0 fully saturated rings. The summed E-state index contributed by atoms with van der Waals surface area (Å²) in [6.07, 6.45) is -4.72. The fraction of sp³-hybridized carbons (Fsp3) is 0.304. The molecular formula is C23H21ClF4N4. The Hall–Kier alpha value is -2.87. The Kier molecular flexibility index (Phi) is 5.12. The number of H-pyrrole nitrogens is 1. The highest BCUT2D eigenvalue weighted by Crippen LogP contribution is 2.41. The van der Waals surface area contributed by atoms with E-state index in [1.54, 1.807) is 11.7 Å². The maximum atomic E-state index is 14.5. The molecule has 0 atom stereocenters. The van der Waals surface area contributed by atoms with Crippen molar-refractivity contribution in [2.24, 2.45) is 7.05 Å². The average Bonchev–Trinajstić information content (AvgIpc) is 3.21. The maximum absolute atomic E-state index is 14.5. The summed E-state index contributed by atoms with van der Waals surface area (Å²) in [6, 6.07) is 5.62. The van der Waals surface area contributed by atoms with E-state index in [4.69, 9.17) is 11.6 Å². The molecule has 2 aromatic heterocycles. The van der Waals surface area contributed by atoms with Crippen molar-refractivity contribution in [1.29, 1.82) is 0 Å². The number of hydrogen-bond acceptors (Lipinski definition) is 2. The lowest BCUT2D eigenvalue weighted by atomic mass is 9.89. The topological polar surface area (TPSA) is 46.5 Å². The van der Waals surface area contributed by atoms with E-state index in [9.17, 15) is 17.6 Å². The van der Waals surface area contributed by atoms with E-state index in [-0.39, 0.29) is 16.0 Å². The van der Waals surface area contributed by atoms with Crippen molar-refractivity contribution in [3.8, 4) is 22.6 Å². The van der Waals surface area contributed by atoms with Gasteiger partial charge in [0.25, 0.3) is 0 Å². The predicted molar refractivity (Wildman–Crippen MR) is 117 cm³/mol. The monoisotopic (exact) mass is 464 g/mol. The van der Waals surface area contributed by atoms with Crippen LogP contribution >= 0.6 is 11.6 Å². The first kappa shape index (κ1) is 22.3. The minimum Gasteiger partial charge on any atom is -0.337 e. The fourth-order valence-electron chi connectivity index (χ4n) is 4.06. The lowest BCUT2D eigenvalue weighted by Gasteiger charge is -2.16. The maximum Gasteiger partial charge on any atom is 0.417 e. The van der Waals surface area contributed by atoms with E-state index in [1.165, 1.54) is 12.1 Å². The second-order valence-corrected chi connectivity index (χ2v) is 9.20. The summed E-state index contributed by atoms with van der Waals surface area (Å²) in [6.45, 7) is 8.11. The van der Waals surface area contributed by atoms with Crippen LogP contribution in [0.4, 0.5) is 17.6 Å². The molecule has 0 unspecified atom stereocenters. The van der Waals surface area contributed by atoms with Crippen LogP contribution in [0.3, 0.4) is 0 Å². The van der Waals surface area contributed by atoms with Crippen molar-refractivity contribution in [3.05, 3.63) is 58.0 Å². The third-order valence-corrected chi connectivity index (χ3v) is 5.65. The largest absolute Gasteiger partial charge is 0.417 e. The number of fused-ring (bicyclic) bond motifs is 1. The third kappa shape index (κ3) is 3.66. The first-order valence-electron chi connectivity index (χ1n) is 9.89. The molecule has 0 saturated heterocycles. The minimum absolute atomic E-state index is 0.0141. The van der Waals surface area contributed by atoms with Crippen molar-refractivity contribution < 1.29 is 17.6 Å². The molecule has 1 N–H and O–H groups in total. The van der Waals surface area contributed by atoms with E-state index in [2.05, 4.69) is 35.8 Å². The van der Waals surface area contributed by atoms with Gasteiger partial charge in [-0.3, -0.25) is 4.68 Å². The number of aromatic nitrogens is 4. The van der Waals surface area contributed by atoms with Crippen LogP contribution in [0.25, 0.3) is 33.7 Å². The summed E-state index contributed by atoms with van der Waals surface area (Å²) in [5, 5.41) is 4.73. The Bertz CT molecular complexity index is 1340. The van der Waals surface area contributed by atoms with Crippen molar-refractivity contribution in [2.75, 3.05) is 0 Å². The summed E-state index contributed by atoms with van der Waals surface area (Å²) in [5.74, 6) is -0.501. The van der Waals surface area contributed by atoms with Crippen molar-refractivity contribution in [3.63, 3.8) is 0 Å². The Morgan fingerprint density at radius 3 is 2.38 bits per heavy atom. The number of imidazole rings is 1. The quantitative estimate of drug-likeness (QED) is 0.323. The van der Waals surface area contributed by atoms with Crippen LogP contribution in [0.15, 0.2) is 30.3 Å². The first-order chi connectivity index (χ1) is 14.8. The second kappa shape index (κ2) is 7.33. The van der Waals surface area contributed by atoms with Gasteiger partial charge >= 0.3 is 6.18 Å². The van der Waals surface area contributed by atoms with Gasteiger partial charge < -0.3 is 4.98 Å². The Morgan fingerprint density at radius 1 is 1.09 bits per heavy atom. The second-order valence-electron chi connectivity index (χ2n) is 8.80. The van der Waals surface area contributed by atoms with Crippen molar-refractivity contribution in [1.82, 2.24) is 19.7 Å². The molecular weight excluding hydrogens is 444 g/mol. The zero-order valence-electron chi connectivity index (χ0n) is 18.1. The zero-order valence-corrected chi connectivity index (χ0v) is 18.9. The van der Waals surface area contributed by atoms with Crippen LogP contribution in [0.1, 0.15) is 37.6 Å². The Balaban J connectivity index is 1.92. The van der Waals surface area contributed by atoms with Crippen LogP contribution in [-0.2, 0) is 18.6 Å². The van der Waals surface area contributed by atoms with E-state index >= 15 is 0 Å². The number of nitrogens with one attached hydrogen (secondary N) is 1. The molecule has 4 nitrogen and oxygen atoms in total. The summed E-state index contributed by atoms with van der Waals surface area (Å²) in [7, 11) is 1.80. The highest BCUT2D eigenvalue weighted by molar-refractivity contribution is 6.35. The van der Waals surface area contributed by atoms with Gasteiger partial charge in [0, 0.05) is 23.6 Å². The summed E-state index contributed by atoms with van der Waals surface area (Å²) in [5.41, 5.74) is 1.58.